The molecule has 0 fully saturated rings. The van der Waals surface area contributed by atoms with Crippen molar-refractivity contribution in [3.05, 3.63) is 101 Å². The Morgan fingerprint density at radius 3 is 2.62 bits per heavy atom. The molecular formula is C23H19N3O3. The quantitative estimate of drug-likeness (QED) is 0.567. The van der Waals surface area contributed by atoms with Gasteiger partial charge in [-0.1, -0.05) is 18.2 Å². The fourth-order valence-corrected chi connectivity index (χ4v) is 3.17. The fraction of sp³-hybridized carbons (Fsp3) is 0.0870. The number of rotatable bonds is 5. The van der Waals surface area contributed by atoms with Gasteiger partial charge in [0.15, 0.2) is 0 Å². The van der Waals surface area contributed by atoms with Crippen LogP contribution in [-0.4, -0.2) is 23.0 Å². The van der Waals surface area contributed by atoms with Crippen molar-refractivity contribution in [3.63, 3.8) is 0 Å². The van der Waals surface area contributed by atoms with Crippen LogP contribution in [0.3, 0.4) is 0 Å². The zero-order chi connectivity index (χ0) is 20.2. The molecule has 144 valence electrons. The van der Waals surface area contributed by atoms with Crippen LogP contribution in [0.4, 0.5) is 5.69 Å². The highest BCUT2D eigenvalue weighted by Gasteiger charge is 2.20. The van der Waals surface area contributed by atoms with Crippen LogP contribution in [0, 0.1) is 0 Å². The van der Waals surface area contributed by atoms with E-state index < -0.39 is 0 Å². The van der Waals surface area contributed by atoms with Crippen molar-refractivity contribution in [1.29, 1.82) is 0 Å². The van der Waals surface area contributed by atoms with Gasteiger partial charge in [0.1, 0.15) is 5.75 Å². The van der Waals surface area contributed by atoms with Gasteiger partial charge in [0.25, 0.3) is 11.5 Å². The van der Waals surface area contributed by atoms with E-state index in [9.17, 15) is 9.59 Å². The number of carbonyl (C=O) groups is 1. The number of aromatic amines is 1. The van der Waals surface area contributed by atoms with Crippen molar-refractivity contribution in [2.45, 2.75) is 6.54 Å². The van der Waals surface area contributed by atoms with Crippen molar-refractivity contribution in [3.8, 4) is 5.75 Å². The number of anilines is 1. The second kappa shape index (κ2) is 7.98. The van der Waals surface area contributed by atoms with E-state index in [-0.39, 0.29) is 18.0 Å². The van der Waals surface area contributed by atoms with Crippen LogP contribution in [-0.2, 0) is 6.54 Å². The average molecular weight is 385 g/mol. The Hall–Kier alpha value is -3.93. The molecule has 0 aliphatic carbocycles. The molecule has 6 heteroatoms. The third-order valence-electron chi connectivity index (χ3n) is 4.68. The lowest BCUT2D eigenvalue weighted by atomic mass is 10.1. The molecule has 29 heavy (non-hydrogen) atoms. The molecule has 0 atom stereocenters. The molecule has 2 aromatic heterocycles. The van der Waals surface area contributed by atoms with Gasteiger partial charge in [-0.3, -0.25) is 14.6 Å². The second-order valence-corrected chi connectivity index (χ2v) is 6.55. The summed E-state index contributed by atoms with van der Waals surface area (Å²) < 4.78 is 5.21. The molecule has 0 radical (unpaired) electrons. The first-order valence-electron chi connectivity index (χ1n) is 9.12. The maximum atomic E-state index is 13.2. The van der Waals surface area contributed by atoms with E-state index in [0.29, 0.717) is 28.1 Å². The van der Waals surface area contributed by atoms with E-state index in [1.54, 1.807) is 42.5 Å². The van der Waals surface area contributed by atoms with Gasteiger partial charge in [-0.05, 0) is 47.9 Å². The molecule has 0 spiro atoms. The number of hydrogen-bond acceptors (Lipinski definition) is 4. The summed E-state index contributed by atoms with van der Waals surface area (Å²) in [6.07, 6.45) is 3.14. The van der Waals surface area contributed by atoms with E-state index in [1.807, 2.05) is 42.5 Å². The molecule has 4 rings (SSSR count). The summed E-state index contributed by atoms with van der Waals surface area (Å²) in [4.78, 5) is 34.4. The summed E-state index contributed by atoms with van der Waals surface area (Å²) in [5, 5.41) is 0.863. The summed E-state index contributed by atoms with van der Waals surface area (Å²) in [5.41, 5.74) is 2.09. The molecule has 1 amide bonds. The Kier molecular flexibility index (Phi) is 5.07. The number of hydrogen-bond donors (Lipinski definition) is 1. The first-order valence-corrected chi connectivity index (χ1v) is 9.12. The Bertz CT molecular complexity index is 1200. The van der Waals surface area contributed by atoms with E-state index >= 15 is 0 Å². The van der Waals surface area contributed by atoms with Crippen LogP contribution in [0.2, 0.25) is 0 Å². The molecule has 0 unspecified atom stereocenters. The maximum absolute atomic E-state index is 13.2. The first-order chi connectivity index (χ1) is 14.2. The monoisotopic (exact) mass is 385 g/mol. The standard InChI is InChI=1S/C23H19N3O3/c1-29-20-10-9-16-12-18(22(27)25-21(16)13-20)15-26(19-7-3-2-4-8-19)23(28)17-6-5-11-24-14-17/h2-14H,15H2,1H3,(H,25,27). The molecule has 0 aliphatic heterocycles. The minimum Gasteiger partial charge on any atom is -0.497 e. The number of carbonyl (C=O) groups excluding carboxylic acids is 1. The topological polar surface area (TPSA) is 75.3 Å². The third kappa shape index (κ3) is 3.87. The van der Waals surface area contributed by atoms with Gasteiger partial charge in [-0.15, -0.1) is 0 Å². The molecule has 6 nitrogen and oxygen atoms in total. The van der Waals surface area contributed by atoms with Crippen LogP contribution in [0.5, 0.6) is 5.75 Å². The lowest BCUT2D eigenvalue weighted by Crippen LogP contribution is -2.32. The molecule has 2 aromatic carbocycles. The SMILES string of the molecule is COc1ccc2cc(CN(C(=O)c3cccnc3)c3ccccc3)c(=O)[nH]c2c1. The summed E-state index contributed by atoms with van der Waals surface area (Å²) in [6, 6.07) is 20.0. The van der Waals surface area contributed by atoms with Gasteiger partial charge in [0.2, 0.25) is 0 Å². The predicted molar refractivity (Wildman–Crippen MR) is 112 cm³/mol. The van der Waals surface area contributed by atoms with Crippen molar-refractivity contribution in [1.82, 2.24) is 9.97 Å². The van der Waals surface area contributed by atoms with Crippen molar-refractivity contribution < 1.29 is 9.53 Å². The normalized spacial score (nSPS) is 10.7. The number of H-pyrrole nitrogens is 1. The van der Waals surface area contributed by atoms with Crippen LogP contribution >= 0.6 is 0 Å². The highest BCUT2D eigenvalue weighted by molar-refractivity contribution is 6.05. The predicted octanol–water partition coefficient (Wildman–Crippen LogP) is 3.78. The number of ether oxygens (including phenoxy) is 1. The number of amides is 1. The Morgan fingerprint density at radius 1 is 1.07 bits per heavy atom. The van der Waals surface area contributed by atoms with E-state index in [0.717, 1.165) is 5.39 Å². The zero-order valence-electron chi connectivity index (χ0n) is 15.8. The van der Waals surface area contributed by atoms with Gasteiger partial charge in [-0.25, -0.2) is 0 Å². The van der Waals surface area contributed by atoms with Crippen molar-refractivity contribution in [2.24, 2.45) is 0 Å². The summed E-state index contributed by atoms with van der Waals surface area (Å²) >= 11 is 0. The minimum atomic E-state index is -0.245. The molecule has 0 saturated heterocycles. The van der Waals surface area contributed by atoms with Crippen LogP contribution < -0.4 is 15.2 Å². The van der Waals surface area contributed by atoms with Gasteiger partial charge in [-0.2, -0.15) is 0 Å². The Labute approximate surface area is 167 Å². The lowest BCUT2D eigenvalue weighted by molar-refractivity contribution is 0.0984. The highest BCUT2D eigenvalue weighted by atomic mass is 16.5. The number of para-hydroxylation sites is 1. The molecule has 0 saturated carbocycles. The van der Waals surface area contributed by atoms with Gasteiger partial charge >= 0.3 is 0 Å². The number of pyridine rings is 2. The number of benzene rings is 2. The second-order valence-electron chi connectivity index (χ2n) is 6.55. The highest BCUT2D eigenvalue weighted by Crippen LogP contribution is 2.22. The number of methoxy groups -OCH3 is 1. The van der Waals surface area contributed by atoms with Gasteiger partial charge < -0.3 is 14.6 Å². The number of fused-ring (bicyclic) bond motifs is 1. The van der Waals surface area contributed by atoms with Gasteiger partial charge in [0.05, 0.1) is 24.7 Å². The molecule has 4 aromatic rings. The minimum absolute atomic E-state index is 0.134. The largest absolute Gasteiger partial charge is 0.497 e. The van der Waals surface area contributed by atoms with Gasteiger partial charge in [0, 0.05) is 29.7 Å². The Balaban J connectivity index is 1.75. The number of nitrogens with one attached hydrogen (secondary N) is 1. The molecular weight excluding hydrogens is 366 g/mol. The van der Waals surface area contributed by atoms with Crippen LogP contribution in [0.15, 0.2) is 83.9 Å². The molecule has 1 N–H and O–H groups in total. The first kappa shape index (κ1) is 18.4. The number of aromatic nitrogens is 2. The molecule has 2 heterocycles. The van der Waals surface area contributed by atoms with Crippen LogP contribution in [0.1, 0.15) is 15.9 Å². The third-order valence-corrected chi connectivity index (χ3v) is 4.68. The van der Waals surface area contributed by atoms with Crippen molar-refractivity contribution in [2.75, 3.05) is 12.0 Å². The zero-order valence-corrected chi connectivity index (χ0v) is 15.8. The average Bonchev–Trinajstić information content (AvgIpc) is 2.78. The smallest absolute Gasteiger partial charge is 0.260 e. The van der Waals surface area contributed by atoms with E-state index in [1.165, 1.54) is 6.20 Å². The molecule has 0 aliphatic rings. The summed E-state index contributed by atoms with van der Waals surface area (Å²) in [6.45, 7) is 0.134. The maximum Gasteiger partial charge on any atom is 0.260 e. The number of nitrogens with zero attached hydrogens (tertiary/aromatic N) is 2. The summed E-state index contributed by atoms with van der Waals surface area (Å²) in [5.74, 6) is 0.442. The van der Waals surface area contributed by atoms with E-state index in [4.69, 9.17) is 4.74 Å². The van der Waals surface area contributed by atoms with E-state index in [2.05, 4.69) is 9.97 Å². The van der Waals surface area contributed by atoms with Crippen molar-refractivity contribution >= 4 is 22.5 Å². The Morgan fingerprint density at radius 2 is 1.90 bits per heavy atom. The molecule has 0 bridgehead atoms. The lowest BCUT2D eigenvalue weighted by Gasteiger charge is -2.23. The fourth-order valence-electron chi connectivity index (χ4n) is 3.17. The summed E-state index contributed by atoms with van der Waals surface area (Å²) in [7, 11) is 1.58. The van der Waals surface area contributed by atoms with Crippen LogP contribution in [0.25, 0.3) is 10.9 Å².